The maximum Gasteiger partial charge on any atom is 0.303 e. The highest BCUT2D eigenvalue weighted by Gasteiger charge is 2.16. The van der Waals surface area contributed by atoms with Gasteiger partial charge in [-0.3, -0.25) is 9.59 Å². The maximum atomic E-state index is 14.2. The number of halogens is 1. The Morgan fingerprint density at radius 3 is 2.45 bits per heavy atom. The molecule has 1 atom stereocenters. The van der Waals surface area contributed by atoms with Crippen LogP contribution in [0.2, 0.25) is 0 Å². The van der Waals surface area contributed by atoms with Crippen LogP contribution < -0.4 is 10.1 Å². The number of anilines is 1. The predicted molar refractivity (Wildman–Crippen MR) is 108 cm³/mol. The molecular formula is C19H29FN2O6S. The minimum atomic E-state index is -1.73. The molecule has 0 aliphatic carbocycles. The number of aromatic nitrogens is 1. The standard InChI is InChI=1S/C19H29FN2O6S/c1-14-13-15(20)18(28-11-8-10-17(24)25)19(21-14)22-16(23)9-6-4-2-3-5-7-12-29(26)27/h13H,2-12H2,1H3,(H,24,25)(H,26,27)(H,21,22,23). The Bertz CT molecular complexity index is 702. The van der Waals surface area contributed by atoms with Crippen molar-refractivity contribution in [2.45, 2.75) is 64.7 Å². The second-order valence-electron chi connectivity index (χ2n) is 6.71. The van der Waals surface area contributed by atoms with E-state index >= 15 is 0 Å². The van der Waals surface area contributed by atoms with E-state index in [4.69, 9.17) is 14.4 Å². The molecule has 1 aromatic rings. The number of nitrogens with one attached hydrogen (secondary N) is 1. The molecule has 29 heavy (non-hydrogen) atoms. The first-order chi connectivity index (χ1) is 13.8. The van der Waals surface area contributed by atoms with E-state index in [0.717, 1.165) is 25.7 Å². The third-order valence-electron chi connectivity index (χ3n) is 4.07. The van der Waals surface area contributed by atoms with Gasteiger partial charge < -0.3 is 19.7 Å². The average molecular weight is 433 g/mol. The summed E-state index contributed by atoms with van der Waals surface area (Å²) in [5.74, 6) is -1.81. The van der Waals surface area contributed by atoms with Crippen molar-refractivity contribution in [3.8, 4) is 5.75 Å². The molecule has 0 radical (unpaired) electrons. The highest BCUT2D eigenvalue weighted by Crippen LogP contribution is 2.27. The molecule has 10 heteroatoms. The maximum absolute atomic E-state index is 14.2. The first-order valence-corrected chi connectivity index (χ1v) is 11.0. The highest BCUT2D eigenvalue weighted by atomic mass is 32.2. The van der Waals surface area contributed by atoms with Crippen molar-refractivity contribution in [1.29, 1.82) is 0 Å². The van der Waals surface area contributed by atoms with Gasteiger partial charge >= 0.3 is 5.97 Å². The lowest BCUT2D eigenvalue weighted by atomic mass is 10.1. The zero-order valence-corrected chi connectivity index (χ0v) is 17.4. The summed E-state index contributed by atoms with van der Waals surface area (Å²) in [5.41, 5.74) is 0.388. The molecule has 0 spiro atoms. The van der Waals surface area contributed by atoms with Crippen molar-refractivity contribution >= 4 is 28.8 Å². The number of carbonyl (C=O) groups excluding carboxylic acids is 1. The van der Waals surface area contributed by atoms with Crippen LogP contribution in [-0.2, 0) is 20.7 Å². The van der Waals surface area contributed by atoms with Crippen LogP contribution in [0.15, 0.2) is 6.07 Å². The van der Waals surface area contributed by atoms with Crippen LogP contribution in [0, 0.1) is 12.7 Å². The number of ether oxygens (including phenoxy) is 1. The summed E-state index contributed by atoms with van der Waals surface area (Å²) in [4.78, 5) is 26.8. The van der Waals surface area contributed by atoms with E-state index in [0.29, 0.717) is 24.3 Å². The van der Waals surface area contributed by atoms with Crippen LogP contribution in [0.4, 0.5) is 10.2 Å². The Balaban J connectivity index is 2.41. The molecule has 0 saturated carbocycles. The fraction of sp³-hybridized carbons (Fsp3) is 0.632. The Morgan fingerprint density at radius 2 is 1.79 bits per heavy atom. The number of pyridine rings is 1. The average Bonchev–Trinajstić information content (AvgIpc) is 2.62. The molecule has 0 aliphatic heterocycles. The van der Waals surface area contributed by atoms with Crippen molar-refractivity contribution in [3.05, 3.63) is 17.6 Å². The van der Waals surface area contributed by atoms with E-state index in [2.05, 4.69) is 10.3 Å². The normalized spacial score (nSPS) is 11.8. The summed E-state index contributed by atoms with van der Waals surface area (Å²) in [6, 6.07) is 1.19. The Morgan fingerprint density at radius 1 is 1.14 bits per heavy atom. The quantitative estimate of drug-likeness (QED) is 0.285. The van der Waals surface area contributed by atoms with Gasteiger partial charge in [0.15, 0.2) is 28.5 Å². The molecule has 1 aromatic heterocycles. The molecule has 0 saturated heterocycles. The largest absolute Gasteiger partial charge is 0.487 e. The third kappa shape index (κ3) is 11.5. The van der Waals surface area contributed by atoms with E-state index in [9.17, 15) is 18.2 Å². The number of rotatable bonds is 15. The van der Waals surface area contributed by atoms with E-state index in [1.807, 2.05) is 0 Å². The number of carbonyl (C=O) groups is 2. The number of carboxylic acid groups (broad SMARTS) is 1. The lowest BCUT2D eigenvalue weighted by Gasteiger charge is -2.13. The van der Waals surface area contributed by atoms with Crippen molar-refractivity contribution in [1.82, 2.24) is 4.98 Å². The summed E-state index contributed by atoms with van der Waals surface area (Å²) < 4.78 is 38.7. The Labute approximate surface area is 172 Å². The molecule has 1 rings (SSSR count). The van der Waals surface area contributed by atoms with E-state index < -0.39 is 22.9 Å². The van der Waals surface area contributed by atoms with Crippen molar-refractivity contribution in [3.63, 3.8) is 0 Å². The molecule has 3 N–H and O–H groups in total. The fourth-order valence-electron chi connectivity index (χ4n) is 2.65. The number of aryl methyl sites for hydroxylation is 1. The molecule has 8 nitrogen and oxygen atoms in total. The van der Waals surface area contributed by atoms with Gasteiger partial charge in [-0.2, -0.15) is 0 Å². The second-order valence-corrected chi connectivity index (χ2v) is 7.77. The van der Waals surface area contributed by atoms with Gasteiger partial charge in [0.2, 0.25) is 5.91 Å². The monoisotopic (exact) mass is 432 g/mol. The van der Waals surface area contributed by atoms with E-state index in [1.54, 1.807) is 6.92 Å². The molecule has 0 aromatic carbocycles. The Hall–Kier alpha value is -2.07. The summed E-state index contributed by atoms with van der Waals surface area (Å²) in [7, 11) is 0. The van der Waals surface area contributed by atoms with E-state index in [-0.39, 0.29) is 43.3 Å². The molecule has 0 bridgehead atoms. The summed E-state index contributed by atoms with van der Waals surface area (Å²) >= 11 is -1.73. The molecule has 1 amide bonds. The second kappa shape index (κ2) is 14.0. The van der Waals surface area contributed by atoms with Crippen LogP contribution >= 0.6 is 0 Å². The SMILES string of the molecule is Cc1cc(F)c(OCCCC(=O)O)c(NC(=O)CCCCCCCCS(=O)O)n1. The molecule has 0 fully saturated rings. The predicted octanol–water partition coefficient (Wildman–Crippen LogP) is 3.66. The summed E-state index contributed by atoms with van der Waals surface area (Å²) in [5, 5.41) is 11.2. The number of amides is 1. The van der Waals surface area contributed by atoms with Crippen LogP contribution in [-0.4, -0.2) is 43.1 Å². The van der Waals surface area contributed by atoms with Crippen molar-refractivity contribution in [2.24, 2.45) is 0 Å². The fourth-order valence-corrected chi connectivity index (χ4v) is 3.10. The lowest BCUT2D eigenvalue weighted by Crippen LogP contribution is -2.15. The van der Waals surface area contributed by atoms with Gasteiger partial charge in [-0.05, 0) is 32.3 Å². The van der Waals surface area contributed by atoms with Gasteiger partial charge in [0, 0.05) is 24.3 Å². The molecule has 1 heterocycles. The smallest absolute Gasteiger partial charge is 0.303 e. The molecule has 0 aliphatic rings. The topological polar surface area (TPSA) is 126 Å². The van der Waals surface area contributed by atoms with Crippen LogP contribution in [0.5, 0.6) is 5.75 Å². The van der Waals surface area contributed by atoms with Crippen molar-refractivity contribution < 1.29 is 32.6 Å². The number of aliphatic carboxylic acids is 1. The number of nitrogens with zero attached hydrogens (tertiary/aromatic N) is 1. The van der Waals surface area contributed by atoms with Crippen LogP contribution in [0.25, 0.3) is 0 Å². The van der Waals surface area contributed by atoms with Gasteiger partial charge in [0.1, 0.15) is 0 Å². The molecule has 164 valence electrons. The lowest BCUT2D eigenvalue weighted by molar-refractivity contribution is -0.137. The van der Waals surface area contributed by atoms with Crippen LogP contribution in [0.3, 0.4) is 0 Å². The first-order valence-electron chi connectivity index (χ1n) is 9.68. The molecule has 1 unspecified atom stereocenters. The highest BCUT2D eigenvalue weighted by molar-refractivity contribution is 7.79. The number of carboxylic acids is 1. The van der Waals surface area contributed by atoms with Gasteiger partial charge in [0.25, 0.3) is 0 Å². The third-order valence-corrected chi connectivity index (χ3v) is 4.71. The van der Waals surface area contributed by atoms with Gasteiger partial charge in [-0.15, -0.1) is 0 Å². The van der Waals surface area contributed by atoms with Gasteiger partial charge in [0.05, 0.1) is 6.61 Å². The van der Waals surface area contributed by atoms with Crippen molar-refractivity contribution in [2.75, 3.05) is 17.7 Å². The van der Waals surface area contributed by atoms with E-state index in [1.165, 1.54) is 6.07 Å². The van der Waals surface area contributed by atoms with Gasteiger partial charge in [-0.25, -0.2) is 13.6 Å². The number of unbranched alkanes of at least 4 members (excludes halogenated alkanes) is 5. The van der Waals surface area contributed by atoms with Gasteiger partial charge in [-0.1, -0.05) is 25.7 Å². The Kier molecular flexibility index (Phi) is 12.1. The zero-order valence-electron chi connectivity index (χ0n) is 16.6. The minimum absolute atomic E-state index is 0.000158. The number of hydrogen-bond acceptors (Lipinski definition) is 5. The number of hydrogen-bond donors (Lipinski definition) is 3. The first kappa shape index (κ1) is 25.0. The summed E-state index contributed by atoms with van der Waals surface area (Å²) in [6.07, 6.45) is 5.36. The minimum Gasteiger partial charge on any atom is -0.487 e. The zero-order chi connectivity index (χ0) is 21.6. The van der Waals surface area contributed by atoms with Crippen LogP contribution in [0.1, 0.15) is 63.5 Å². The summed E-state index contributed by atoms with van der Waals surface area (Å²) in [6.45, 7) is 1.60. The molecular weight excluding hydrogens is 403 g/mol.